The molecular weight excluding hydrogens is 236 g/mol. The van der Waals surface area contributed by atoms with E-state index in [2.05, 4.69) is 11.9 Å². The number of anilines is 2. The van der Waals surface area contributed by atoms with E-state index < -0.39 is 4.92 Å². The Morgan fingerprint density at radius 3 is 3.06 bits per heavy atom. The Labute approximate surface area is 105 Å². The molecule has 1 aromatic heterocycles. The van der Waals surface area contributed by atoms with Crippen LogP contribution in [0.25, 0.3) is 0 Å². The normalized spacial score (nSPS) is 19.8. The molecule has 1 saturated heterocycles. The van der Waals surface area contributed by atoms with E-state index in [0.717, 1.165) is 19.5 Å². The van der Waals surface area contributed by atoms with Crippen molar-refractivity contribution in [1.82, 2.24) is 4.98 Å². The lowest BCUT2D eigenvalue weighted by atomic mass is 10.2. The molecule has 0 bridgehead atoms. The molecule has 0 aromatic carbocycles. The highest BCUT2D eigenvalue weighted by molar-refractivity contribution is 5.58. The first-order chi connectivity index (χ1) is 8.61. The summed E-state index contributed by atoms with van der Waals surface area (Å²) in [5, 5.41) is 10.7. The average molecular weight is 252 g/mol. The molecule has 2 heterocycles. The molecule has 7 nitrogen and oxygen atoms in total. The van der Waals surface area contributed by atoms with Crippen molar-refractivity contribution in [3.63, 3.8) is 0 Å². The highest BCUT2D eigenvalue weighted by Gasteiger charge is 2.22. The van der Waals surface area contributed by atoms with Crippen LogP contribution in [-0.2, 0) is 4.74 Å². The molecule has 0 spiro atoms. The highest BCUT2D eigenvalue weighted by Crippen LogP contribution is 2.24. The summed E-state index contributed by atoms with van der Waals surface area (Å²) in [6, 6.07) is 3.03. The van der Waals surface area contributed by atoms with Gasteiger partial charge in [0.15, 0.2) is 0 Å². The van der Waals surface area contributed by atoms with Crippen LogP contribution in [-0.4, -0.2) is 35.7 Å². The molecular formula is C11H16N4O3. The van der Waals surface area contributed by atoms with Crippen LogP contribution >= 0.6 is 0 Å². The van der Waals surface area contributed by atoms with Gasteiger partial charge in [-0.2, -0.15) is 0 Å². The lowest BCUT2D eigenvalue weighted by Crippen LogP contribution is -2.42. The van der Waals surface area contributed by atoms with Crippen molar-refractivity contribution in [3.8, 4) is 0 Å². The second-order valence-electron chi connectivity index (χ2n) is 4.18. The van der Waals surface area contributed by atoms with Gasteiger partial charge in [0.1, 0.15) is 5.82 Å². The minimum Gasteiger partial charge on any atom is -0.378 e. The van der Waals surface area contributed by atoms with Crippen molar-refractivity contribution >= 4 is 17.3 Å². The molecule has 0 saturated carbocycles. The second-order valence-corrected chi connectivity index (χ2v) is 4.18. The molecule has 1 fully saturated rings. The topological polar surface area (TPSA) is 94.5 Å². The molecule has 18 heavy (non-hydrogen) atoms. The van der Waals surface area contributed by atoms with Gasteiger partial charge < -0.3 is 15.4 Å². The van der Waals surface area contributed by atoms with Crippen molar-refractivity contribution in [2.45, 2.75) is 19.4 Å². The summed E-state index contributed by atoms with van der Waals surface area (Å²) in [5.74, 6) is 0.622. The predicted octanol–water partition coefficient (Wildman–Crippen LogP) is 1.19. The van der Waals surface area contributed by atoms with Gasteiger partial charge in [-0.05, 0) is 12.5 Å². The second kappa shape index (κ2) is 5.18. The lowest BCUT2D eigenvalue weighted by molar-refractivity contribution is -0.384. The molecule has 7 heteroatoms. The summed E-state index contributed by atoms with van der Waals surface area (Å²) in [4.78, 5) is 16.3. The van der Waals surface area contributed by atoms with Gasteiger partial charge in [0.2, 0.25) is 5.82 Å². The van der Waals surface area contributed by atoms with E-state index in [-0.39, 0.29) is 17.6 Å². The SMILES string of the molecule is CCC1CN(c2ccc([N+](=O)[O-])c(N)n2)CCO1. The van der Waals surface area contributed by atoms with E-state index >= 15 is 0 Å². The quantitative estimate of drug-likeness (QED) is 0.641. The fourth-order valence-corrected chi connectivity index (χ4v) is 1.96. The van der Waals surface area contributed by atoms with Crippen LogP contribution in [0.1, 0.15) is 13.3 Å². The van der Waals surface area contributed by atoms with E-state index in [1.165, 1.54) is 6.07 Å². The smallest absolute Gasteiger partial charge is 0.311 e. The molecule has 0 amide bonds. The van der Waals surface area contributed by atoms with Crippen LogP contribution in [0.15, 0.2) is 12.1 Å². The van der Waals surface area contributed by atoms with Gasteiger partial charge in [-0.25, -0.2) is 4.98 Å². The van der Waals surface area contributed by atoms with Crippen molar-refractivity contribution in [2.24, 2.45) is 0 Å². The Morgan fingerprint density at radius 1 is 1.67 bits per heavy atom. The van der Waals surface area contributed by atoms with Gasteiger partial charge >= 0.3 is 5.69 Å². The van der Waals surface area contributed by atoms with E-state index in [0.29, 0.717) is 12.4 Å². The first kappa shape index (κ1) is 12.6. The Morgan fingerprint density at radius 2 is 2.44 bits per heavy atom. The number of pyridine rings is 1. The zero-order chi connectivity index (χ0) is 13.1. The Balaban J connectivity index is 2.18. The molecule has 1 aromatic rings. The monoisotopic (exact) mass is 252 g/mol. The highest BCUT2D eigenvalue weighted by atomic mass is 16.6. The van der Waals surface area contributed by atoms with Gasteiger partial charge in [0.05, 0.1) is 17.6 Å². The summed E-state index contributed by atoms with van der Waals surface area (Å²) in [6.07, 6.45) is 1.11. The first-order valence-corrected chi connectivity index (χ1v) is 5.89. The van der Waals surface area contributed by atoms with Crippen molar-refractivity contribution in [1.29, 1.82) is 0 Å². The number of rotatable bonds is 3. The molecule has 1 atom stereocenters. The molecule has 1 aliphatic rings. The van der Waals surface area contributed by atoms with Gasteiger partial charge in [-0.15, -0.1) is 0 Å². The number of nitro groups is 1. The number of morpholine rings is 1. The van der Waals surface area contributed by atoms with E-state index in [4.69, 9.17) is 10.5 Å². The van der Waals surface area contributed by atoms with Crippen LogP contribution in [0.2, 0.25) is 0 Å². The maximum absolute atomic E-state index is 10.7. The lowest BCUT2D eigenvalue weighted by Gasteiger charge is -2.33. The molecule has 2 rings (SSSR count). The van der Waals surface area contributed by atoms with Crippen LogP contribution < -0.4 is 10.6 Å². The minimum absolute atomic E-state index is 0.0444. The minimum atomic E-state index is -0.528. The number of ether oxygens (including phenoxy) is 1. The maximum Gasteiger partial charge on any atom is 0.311 e. The van der Waals surface area contributed by atoms with Crippen LogP contribution in [0.3, 0.4) is 0 Å². The van der Waals surface area contributed by atoms with Crippen LogP contribution in [0.5, 0.6) is 0 Å². The number of nitrogens with two attached hydrogens (primary N) is 1. The molecule has 0 radical (unpaired) electrons. The van der Waals surface area contributed by atoms with Crippen LogP contribution in [0, 0.1) is 10.1 Å². The van der Waals surface area contributed by atoms with Crippen LogP contribution in [0.4, 0.5) is 17.3 Å². The summed E-state index contributed by atoms with van der Waals surface area (Å²) in [7, 11) is 0. The number of nitrogen functional groups attached to an aromatic ring is 1. The Hall–Kier alpha value is -1.89. The standard InChI is InChI=1S/C11H16N4O3/c1-2-8-7-14(5-6-18-8)10-4-3-9(15(16)17)11(12)13-10/h3-4,8H,2,5-7H2,1H3,(H2,12,13). The maximum atomic E-state index is 10.7. The largest absolute Gasteiger partial charge is 0.378 e. The van der Waals surface area contributed by atoms with E-state index in [1.54, 1.807) is 6.07 Å². The fourth-order valence-electron chi connectivity index (χ4n) is 1.96. The predicted molar refractivity (Wildman–Crippen MR) is 67.5 cm³/mol. The molecule has 1 aliphatic heterocycles. The van der Waals surface area contributed by atoms with Gasteiger partial charge in [0.25, 0.3) is 0 Å². The third-order valence-electron chi connectivity index (χ3n) is 3.00. The third-order valence-corrected chi connectivity index (χ3v) is 3.00. The molecule has 2 N–H and O–H groups in total. The van der Waals surface area contributed by atoms with Crippen molar-refractivity contribution < 1.29 is 9.66 Å². The fraction of sp³-hybridized carbons (Fsp3) is 0.545. The van der Waals surface area contributed by atoms with Gasteiger partial charge in [0, 0.05) is 19.2 Å². The number of hydrogen-bond donors (Lipinski definition) is 1. The summed E-state index contributed by atoms with van der Waals surface area (Å²) < 4.78 is 5.56. The number of hydrogen-bond acceptors (Lipinski definition) is 6. The van der Waals surface area contributed by atoms with Crippen molar-refractivity contribution in [2.75, 3.05) is 30.3 Å². The first-order valence-electron chi connectivity index (χ1n) is 5.89. The zero-order valence-corrected chi connectivity index (χ0v) is 10.2. The summed E-state index contributed by atoms with van der Waals surface area (Å²) in [6.45, 7) is 4.16. The third kappa shape index (κ3) is 2.51. The number of aromatic nitrogens is 1. The average Bonchev–Trinajstić information content (AvgIpc) is 2.38. The number of nitrogens with zero attached hydrogens (tertiary/aromatic N) is 3. The van der Waals surface area contributed by atoms with E-state index in [1.807, 2.05) is 4.90 Å². The summed E-state index contributed by atoms with van der Waals surface area (Å²) in [5.41, 5.74) is 5.43. The summed E-state index contributed by atoms with van der Waals surface area (Å²) >= 11 is 0. The Kier molecular flexibility index (Phi) is 3.61. The molecule has 0 aliphatic carbocycles. The van der Waals surface area contributed by atoms with Gasteiger partial charge in [-0.3, -0.25) is 10.1 Å². The molecule has 98 valence electrons. The van der Waals surface area contributed by atoms with E-state index in [9.17, 15) is 10.1 Å². The molecule has 1 unspecified atom stereocenters. The van der Waals surface area contributed by atoms with Crippen molar-refractivity contribution in [3.05, 3.63) is 22.2 Å². The van der Waals surface area contributed by atoms with Gasteiger partial charge in [-0.1, -0.05) is 6.92 Å². The Bertz CT molecular complexity index is 452. The zero-order valence-electron chi connectivity index (χ0n) is 10.2.